The summed E-state index contributed by atoms with van der Waals surface area (Å²) in [6.45, 7) is 6.96. The van der Waals surface area contributed by atoms with Gasteiger partial charge in [0.25, 0.3) is 0 Å². The molecule has 5 nitrogen and oxygen atoms in total. The third kappa shape index (κ3) is 6.43. The van der Waals surface area contributed by atoms with Gasteiger partial charge in [0, 0.05) is 30.6 Å². The topological polar surface area (TPSA) is 67.4 Å². The lowest BCUT2D eigenvalue weighted by molar-refractivity contribution is -0.124. The highest BCUT2D eigenvalue weighted by molar-refractivity contribution is 5.92. The standard InChI is InChI=1S/C17H24N2O3/c1-4-22-15-8-6-5-7-14(15)9-10-16(20)18-11-12-19-17(21)13(2)3/h5-10,13H,4,11-12H2,1-3H3,(H,18,20)(H,19,21). The normalized spacial score (nSPS) is 10.7. The average molecular weight is 304 g/mol. The molecular weight excluding hydrogens is 280 g/mol. The van der Waals surface area contributed by atoms with Gasteiger partial charge in [-0.3, -0.25) is 9.59 Å². The second-order valence-corrected chi connectivity index (χ2v) is 5.04. The molecule has 0 aliphatic heterocycles. The second-order valence-electron chi connectivity index (χ2n) is 5.04. The molecule has 1 rings (SSSR count). The maximum atomic E-state index is 11.7. The summed E-state index contributed by atoms with van der Waals surface area (Å²) in [6.07, 6.45) is 3.18. The maximum absolute atomic E-state index is 11.7. The van der Waals surface area contributed by atoms with Gasteiger partial charge in [-0.05, 0) is 19.1 Å². The van der Waals surface area contributed by atoms with E-state index in [9.17, 15) is 9.59 Å². The number of benzene rings is 1. The number of rotatable bonds is 8. The summed E-state index contributed by atoms with van der Waals surface area (Å²) in [6, 6.07) is 7.53. The van der Waals surface area contributed by atoms with E-state index in [1.54, 1.807) is 6.08 Å². The van der Waals surface area contributed by atoms with Crippen LogP contribution in [0.5, 0.6) is 5.75 Å². The van der Waals surface area contributed by atoms with Gasteiger partial charge in [-0.25, -0.2) is 0 Å². The first-order valence-corrected chi connectivity index (χ1v) is 7.50. The monoisotopic (exact) mass is 304 g/mol. The highest BCUT2D eigenvalue weighted by Gasteiger charge is 2.05. The number of nitrogens with one attached hydrogen (secondary N) is 2. The minimum Gasteiger partial charge on any atom is -0.493 e. The third-order valence-electron chi connectivity index (χ3n) is 2.88. The Morgan fingerprint density at radius 2 is 1.86 bits per heavy atom. The van der Waals surface area contributed by atoms with E-state index in [2.05, 4.69) is 10.6 Å². The molecular formula is C17H24N2O3. The van der Waals surface area contributed by atoms with Crippen LogP contribution in [0.25, 0.3) is 6.08 Å². The lowest BCUT2D eigenvalue weighted by atomic mass is 10.2. The summed E-state index contributed by atoms with van der Waals surface area (Å²) in [7, 11) is 0. The van der Waals surface area contributed by atoms with Crippen LogP contribution >= 0.6 is 0 Å². The zero-order valence-electron chi connectivity index (χ0n) is 13.4. The minimum atomic E-state index is -0.204. The number of ether oxygens (including phenoxy) is 1. The Labute approximate surface area is 131 Å². The maximum Gasteiger partial charge on any atom is 0.244 e. The molecule has 5 heteroatoms. The van der Waals surface area contributed by atoms with E-state index in [0.717, 1.165) is 11.3 Å². The van der Waals surface area contributed by atoms with Crippen molar-refractivity contribution >= 4 is 17.9 Å². The molecule has 120 valence electrons. The fourth-order valence-electron chi connectivity index (χ4n) is 1.71. The second kappa shape index (κ2) is 9.60. The van der Waals surface area contributed by atoms with Crippen LogP contribution in [0.1, 0.15) is 26.3 Å². The van der Waals surface area contributed by atoms with Gasteiger partial charge in [0.15, 0.2) is 0 Å². The van der Waals surface area contributed by atoms with Crippen LogP contribution in [0.4, 0.5) is 0 Å². The van der Waals surface area contributed by atoms with Crippen LogP contribution in [0.3, 0.4) is 0 Å². The van der Waals surface area contributed by atoms with Gasteiger partial charge in [-0.15, -0.1) is 0 Å². The Morgan fingerprint density at radius 3 is 2.55 bits per heavy atom. The van der Waals surface area contributed by atoms with Crippen LogP contribution in [0.2, 0.25) is 0 Å². The average Bonchev–Trinajstić information content (AvgIpc) is 2.50. The van der Waals surface area contributed by atoms with E-state index in [-0.39, 0.29) is 17.7 Å². The first-order valence-electron chi connectivity index (χ1n) is 7.50. The Balaban J connectivity index is 2.40. The molecule has 0 heterocycles. The molecule has 0 saturated carbocycles. The molecule has 0 fully saturated rings. The molecule has 22 heavy (non-hydrogen) atoms. The molecule has 2 amide bonds. The summed E-state index contributed by atoms with van der Waals surface area (Å²) < 4.78 is 5.49. The van der Waals surface area contributed by atoms with Gasteiger partial charge in [0.05, 0.1) is 6.61 Å². The fourth-order valence-corrected chi connectivity index (χ4v) is 1.71. The van der Waals surface area contributed by atoms with Crippen LogP contribution in [0, 0.1) is 5.92 Å². The van der Waals surface area contributed by atoms with Crippen molar-refractivity contribution in [3.63, 3.8) is 0 Å². The molecule has 1 aromatic carbocycles. The van der Waals surface area contributed by atoms with Gasteiger partial charge < -0.3 is 15.4 Å². The number of carbonyl (C=O) groups excluding carboxylic acids is 2. The van der Waals surface area contributed by atoms with Crippen LogP contribution in [-0.4, -0.2) is 31.5 Å². The van der Waals surface area contributed by atoms with Crippen molar-refractivity contribution in [2.75, 3.05) is 19.7 Å². The van der Waals surface area contributed by atoms with E-state index >= 15 is 0 Å². The predicted octanol–water partition coefficient (Wildman–Crippen LogP) is 1.99. The SMILES string of the molecule is CCOc1ccccc1C=CC(=O)NCCNC(=O)C(C)C. The van der Waals surface area contributed by atoms with Crippen molar-refractivity contribution in [3.05, 3.63) is 35.9 Å². The van der Waals surface area contributed by atoms with E-state index in [1.807, 2.05) is 45.0 Å². The van der Waals surface area contributed by atoms with Gasteiger partial charge >= 0.3 is 0 Å². The number of hydrogen-bond donors (Lipinski definition) is 2. The molecule has 1 aromatic rings. The number of amides is 2. The molecule has 0 saturated heterocycles. The first-order chi connectivity index (χ1) is 10.5. The number of carbonyl (C=O) groups is 2. The third-order valence-corrected chi connectivity index (χ3v) is 2.88. The minimum absolute atomic E-state index is 0.0181. The van der Waals surface area contributed by atoms with Crippen LogP contribution < -0.4 is 15.4 Å². The van der Waals surface area contributed by atoms with E-state index in [0.29, 0.717) is 19.7 Å². The van der Waals surface area contributed by atoms with E-state index in [4.69, 9.17) is 4.74 Å². The lowest BCUT2D eigenvalue weighted by Gasteiger charge is -2.08. The fraction of sp³-hybridized carbons (Fsp3) is 0.412. The van der Waals surface area contributed by atoms with Crippen LogP contribution in [-0.2, 0) is 9.59 Å². The highest BCUT2D eigenvalue weighted by Crippen LogP contribution is 2.19. The lowest BCUT2D eigenvalue weighted by Crippen LogP contribution is -2.35. The largest absolute Gasteiger partial charge is 0.493 e. The number of para-hydroxylation sites is 1. The molecule has 0 atom stereocenters. The van der Waals surface area contributed by atoms with Gasteiger partial charge in [-0.1, -0.05) is 32.0 Å². The summed E-state index contributed by atoms with van der Waals surface area (Å²) in [4.78, 5) is 23.1. The van der Waals surface area contributed by atoms with E-state index < -0.39 is 0 Å². The molecule has 0 radical (unpaired) electrons. The Bertz CT molecular complexity index is 524. The quantitative estimate of drug-likeness (QED) is 0.570. The predicted molar refractivity (Wildman–Crippen MR) is 87.5 cm³/mol. The Kier molecular flexibility index (Phi) is 7.75. The Hall–Kier alpha value is -2.30. The van der Waals surface area contributed by atoms with Crippen molar-refractivity contribution in [2.45, 2.75) is 20.8 Å². The Morgan fingerprint density at radius 1 is 1.18 bits per heavy atom. The van der Waals surface area contributed by atoms with Gasteiger partial charge in [0.2, 0.25) is 11.8 Å². The molecule has 0 aliphatic rings. The molecule has 2 N–H and O–H groups in total. The van der Waals surface area contributed by atoms with Gasteiger partial charge in [0.1, 0.15) is 5.75 Å². The summed E-state index contributed by atoms with van der Waals surface area (Å²) in [5.74, 6) is 0.476. The molecule has 0 aromatic heterocycles. The molecule has 0 spiro atoms. The number of hydrogen-bond acceptors (Lipinski definition) is 3. The molecule has 0 bridgehead atoms. The van der Waals surface area contributed by atoms with Crippen molar-refractivity contribution in [2.24, 2.45) is 5.92 Å². The summed E-state index contributed by atoms with van der Waals surface area (Å²) >= 11 is 0. The van der Waals surface area contributed by atoms with E-state index in [1.165, 1.54) is 6.08 Å². The van der Waals surface area contributed by atoms with Crippen molar-refractivity contribution in [1.82, 2.24) is 10.6 Å². The summed E-state index contributed by atoms with van der Waals surface area (Å²) in [5.41, 5.74) is 0.854. The molecule has 0 unspecified atom stereocenters. The van der Waals surface area contributed by atoms with Crippen molar-refractivity contribution < 1.29 is 14.3 Å². The highest BCUT2D eigenvalue weighted by atomic mass is 16.5. The van der Waals surface area contributed by atoms with Gasteiger partial charge in [-0.2, -0.15) is 0 Å². The van der Waals surface area contributed by atoms with Crippen molar-refractivity contribution in [1.29, 1.82) is 0 Å². The first kappa shape index (κ1) is 17.8. The zero-order valence-corrected chi connectivity index (χ0v) is 13.4. The summed E-state index contributed by atoms with van der Waals surface area (Å²) in [5, 5.41) is 5.46. The zero-order chi connectivity index (χ0) is 16.4. The van der Waals surface area contributed by atoms with Crippen molar-refractivity contribution in [3.8, 4) is 5.75 Å². The smallest absolute Gasteiger partial charge is 0.244 e. The van der Waals surface area contributed by atoms with Crippen LogP contribution in [0.15, 0.2) is 30.3 Å². The molecule has 0 aliphatic carbocycles.